The van der Waals surface area contributed by atoms with E-state index in [1.165, 1.54) is 0 Å². The van der Waals surface area contributed by atoms with E-state index in [1.807, 2.05) is 41.3 Å². The highest BCUT2D eigenvalue weighted by molar-refractivity contribution is 9.10. The molecular formula is C22H20BrN5O2. The number of aromatic nitrogens is 3. The fraction of sp³-hybridized carbons (Fsp3) is 0.273. The number of anilines is 1. The van der Waals surface area contributed by atoms with E-state index in [0.717, 1.165) is 16.5 Å². The molecule has 0 saturated carbocycles. The largest absolute Gasteiger partial charge is 0.335 e. The van der Waals surface area contributed by atoms with Crippen LogP contribution in [0.15, 0.2) is 64.1 Å². The second kappa shape index (κ2) is 7.36. The van der Waals surface area contributed by atoms with Crippen LogP contribution in [0, 0.1) is 0 Å². The summed E-state index contributed by atoms with van der Waals surface area (Å²) in [5.74, 6) is 0.708. The first-order chi connectivity index (χ1) is 14.5. The van der Waals surface area contributed by atoms with Crippen molar-refractivity contribution in [2.24, 2.45) is 7.05 Å². The van der Waals surface area contributed by atoms with Gasteiger partial charge in [0, 0.05) is 54.2 Å². The molecule has 0 radical (unpaired) electrons. The molecule has 2 aromatic heterocycles. The molecule has 2 fully saturated rings. The second-order valence-corrected chi connectivity index (χ2v) is 8.65. The molecule has 0 N–H and O–H groups in total. The van der Waals surface area contributed by atoms with Gasteiger partial charge in [-0.3, -0.25) is 19.1 Å². The Hall–Kier alpha value is -3.00. The van der Waals surface area contributed by atoms with Crippen molar-refractivity contribution in [1.29, 1.82) is 0 Å². The minimum atomic E-state index is -0.0996. The summed E-state index contributed by atoms with van der Waals surface area (Å²) in [7, 11) is 1.75. The molecule has 1 aromatic carbocycles. The van der Waals surface area contributed by atoms with Crippen molar-refractivity contribution < 1.29 is 4.79 Å². The number of piperazine rings is 1. The van der Waals surface area contributed by atoms with Crippen LogP contribution in [0.25, 0.3) is 11.3 Å². The molecule has 1 unspecified atom stereocenters. The molecule has 30 heavy (non-hydrogen) atoms. The summed E-state index contributed by atoms with van der Waals surface area (Å²) in [6.45, 7) is 1.31. The monoisotopic (exact) mass is 465 g/mol. The molecular weight excluding hydrogens is 446 g/mol. The first-order valence-electron chi connectivity index (χ1n) is 9.83. The maximum atomic E-state index is 13.0. The molecule has 5 rings (SSSR count). The normalized spacial score (nSPS) is 20.1. The lowest BCUT2D eigenvalue weighted by Gasteiger charge is -2.35. The second-order valence-electron chi connectivity index (χ2n) is 7.73. The average Bonchev–Trinajstić information content (AvgIpc) is 3.37. The fourth-order valence-electron chi connectivity index (χ4n) is 4.37. The van der Waals surface area contributed by atoms with Crippen LogP contribution in [-0.4, -0.2) is 50.5 Å². The molecule has 2 bridgehead atoms. The quantitative estimate of drug-likeness (QED) is 0.594. The zero-order chi connectivity index (χ0) is 20.8. The van der Waals surface area contributed by atoms with Gasteiger partial charge in [-0.25, -0.2) is 4.98 Å². The standard InChI is InChI=1S/C22H20BrN5O2/c1-26-20(29)11-19(14-6-8-24-9-7-14)25-22(26)28-13-17-10-18(28)12-27(17)21(30)15-2-4-16(23)5-3-15/h2-9,11,17-18H,10,12-13H2,1H3/t17?,18-/m0/s1. The van der Waals surface area contributed by atoms with Crippen molar-refractivity contribution in [1.82, 2.24) is 19.4 Å². The molecule has 2 aliphatic rings. The Balaban J connectivity index is 1.41. The minimum absolute atomic E-state index is 0.0574. The number of hydrogen-bond acceptors (Lipinski definition) is 5. The molecule has 4 heterocycles. The van der Waals surface area contributed by atoms with Crippen LogP contribution >= 0.6 is 15.9 Å². The van der Waals surface area contributed by atoms with Gasteiger partial charge < -0.3 is 9.80 Å². The van der Waals surface area contributed by atoms with Crippen molar-refractivity contribution in [3.05, 3.63) is 75.2 Å². The van der Waals surface area contributed by atoms with Crippen molar-refractivity contribution in [2.75, 3.05) is 18.0 Å². The van der Waals surface area contributed by atoms with Gasteiger partial charge in [0.2, 0.25) is 5.95 Å². The Labute approximate surface area is 182 Å². The summed E-state index contributed by atoms with van der Waals surface area (Å²) in [5, 5.41) is 0. The highest BCUT2D eigenvalue weighted by Crippen LogP contribution is 2.34. The molecule has 1 amide bonds. The van der Waals surface area contributed by atoms with Gasteiger partial charge in [0.25, 0.3) is 11.5 Å². The van der Waals surface area contributed by atoms with Crippen LogP contribution in [-0.2, 0) is 7.05 Å². The number of fused-ring (bicyclic) bond motifs is 2. The third kappa shape index (κ3) is 3.21. The van der Waals surface area contributed by atoms with Crippen molar-refractivity contribution >= 4 is 27.8 Å². The Bertz CT molecular complexity index is 1160. The van der Waals surface area contributed by atoms with Crippen LogP contribution in [0.5, 0.6) is 0 Å². The zero-order valence-electron chi connectivity index (χ0n) is 16.4. The number of rotatable bonds is 3. The molecule has 7 nitrogen and oxygen atoms in total. The van der Waals surface area contributed by atoms with Crippen LogP contribution in [0.4, 0.5) is 5.95 Å². The number of halogens is 1. The summed E-state index contributed by atoms with van der Waals surface area (Å²) in [6.07, 6.45) is 4.27. The Morgan fingerprint density at radius 3 is 2.47 bits per heavy atom. The van der Waals surface area contributed by atoms with Gasteiger partial charge in [0.1, 0.15) is 0 Å². The number of carbonyl (C=O) groups excluding carboxylic acids is 1. The smallest absolute Gasteiger partial charge is 0.255 e. The molecule has 3 aromatic rings. The van der Waals surface area contributed by atoms with Gasteiger partial charge >= 0.3 is 0 Å². The molecule has 0 spiro atoms. The third-order valence-electron chi connectivity index (χ3n) is 5.94. The van der Waals surface area contributed by atoms with Crippen molar-refractivity contribution in [3.63, 3.8) is 0 Å². The number of nitrogens with zero attached hydrogens (tertiary/aromatic N) is 5. The molecule has 152 valence electrons. The molecule has 2 aliphatic heterocycles. The van der Waals surface area contributed by atoms with Crippen molar-refractivity contribution in [3.8, 4) is 11.3 Å². The summed E-state index contributed by atoms with van der Waals surface area (Å²) >= 11 is 3.41. The molecule has 2 saturated heterocycles. The molecule has 8 heteroatoms. The Kier molecular flexibility index (Phi) is 4.66. The summed E-state index contributed by atoms with van der Waals surface area (Å²) < 4.78 is 2.54. The maximum absolute atomic E-state index is 13.0. The fourth-order valence-corrected chi connectivity index (χ4v) is 4.64. The zero-order valence-corrected chi connectivity index (χ0v) is 18.0. The number of pyridine rings is 1. The van der Waals surface area contributed by atoms with Gasteiger partial charge in [0.05, 0.1) is 17.8 Å². The lowest BCUT2D eigenvalue weighted by Crippen LogP contribution is -2.50. The number of amides is 1. The lowest BCUT2D eigenvalue weighted by molar-refractivity contribution is 0.0725. The number of hydrogen-bond donors (Lipinski definition) is 0. The first-order valence-corrected chi connectivity index (χ1v) is 10.6. The van der Waals surface area contributed by atoms with Gasteiger partial charge in [-0.15, -0.1) is 0 Å². The first kappa shape index (κ1) is 19.0. The van der Waals surface area contributed by atoms with E-state index in [0.29, 0.717) is 30.3 Å². The van der Waals surface area contributed by atoms with E-state index in [2.05, 4.69) is 25.8 Å². The van der Waals surface area contributed by atoms with Gasteiger partial charge in [-0.2, -0.15) is 0 Å². The topological polar surface area (TPSA) is 71.3 Å². The molecule has 0 aliphatic carbocycles. The van der Waals surface area contributed by atoms with E-state index in [-0.39, 0.29) is 23.6 Å². The lowest BCUT2D eigenvalue weighted by atomic mass is 10.2. The Morgan fingerprint density at radius 2 is 1.80 bits per heavy atom. The van der Waals surface area contributed by atoms with Crippen LogP contribution in [0.2, 0.25) is 0 Å². The molecule has 2 atom stereocenters. The van der Waals surface area contributed by atoms with Gasteiger partial charge in [-0.1, -0.05) is 15.9 Å². The van der Waals surface area contributed by atoms with E-state index in [1.54, 1.807) is 30.1 Å². The summed E-state index contributed by atoms with van der Waals surface area (Å²) in [5.41, 5.74) is 2.10. The van der Waals surface area contributed by atoms with Crippen LogP contribution in [0.3, 0.4) is 0 Å². The third-order valence-corrected chi connectivity index (χ3v) is 6.47. The highest BCUT2D eigenvalue weighted by Gasteiger charge is 2.46. The predicted molar refractivity (Wildman–Crippen MR) is 117 cm³/mol. The van der Waals surface area contributed by atoms with Gasteiger partial charge in [-0.05, 0) is 42.8 Å². The summed E-state index contributed by atoms with van der Waals surface area (Å²) in [6, 6.07) is 13.0. The highest BCUT2D eigenvalue weighted by atomic mass is 79.9. The van der Waals surface area contributed by atoms with Crippen LogP contribution < -0.4 is 10.5 Å². The van der Waals surface area contributed by atoms with E-state index >= 15 is 0 Å². The van der Waals surface area contributed by atoms with Gasteiger partial charge in [0.15, 0.2) is 0 Å². The SMILES string of the molecule is Cn1c(N2CC3C[C@H]2CN3C(=O)c2ccc(Br)cc2)nc(-c2ccncc2)cc1=O. The number of benzene rings is 1. The van der Waals surface area contributed by atoms with E-state index in [4.69, 9.17) is 4.98 Å². The van der Waals surface area contributed by atoms with E-state index in [9.17, 15) is 9.59 Å². The van der Waals surface area contributed by atoms with E-state index < -0.39 is 0 Å². The predicted octanol–water partition coefficient (Wildman–Crippen LogP) is 2.71. The number of likely N-dealkylation sites (tertiary alicyclic amines) is 1. The Morgan fingerprint density at radius 1 is 1.07 bits per heavy atom. The number of carbonyl (C=O) groups is 1. The maximum Gasteiger partial charge on any atom is 0.255 e. The van der Waals surface area contributed by atoms with Crippen LogP contribution in [0.1, 0.15) is 16.8 Å². The minimum Gasteiger partial charge on any atom is -0.335 e. The summed E-state index contributed by atoms with van der Waals surface area (Å²) in [4.78, 5) is 38.5. The average molecular weight is 466 g/mol. The van der Waals surface area contributed by atoms with Crippen molar-refractivity contribution in [2.45, 2.75) is 18.5 Å².